The number of ether oxygens (including phenoxy) is 1. The minimum Gasteiger partial charge on any atom is -0.452 e. The van der Waals surface area contributed by atoms with Crippen LogP contribution in [0.2, 0.25) is 0 Å². The van der Waals surface area contributed by atoms with Crippen LogP contribution in [0.25, 0.3) is 0 Å². The predicted octanol–water partition coefficient (Wildman–Crippen LogP) is 2.37. The summed E-state index contributed by atoms with van der Waals surface area (Å²) in [5.74, 6) is -1.09. The van der Waals surface area contributed by atoms with Gasteiger partial charge in [0.15, 0.2) is 6.61 Å². The smallest absolute Gasteiger partial charge is 0.338 e. The van der Waals surface area contributed by atoms with Crippen LogP contribution in [0.3, 0.4) is 0 Å². The van der Waals surface area contributed by atoms with E-state index in [-0.39, 0.29) is 16.4 Å². The first kappa shape index (κ1) is 22.6. The van der Waals surface area contributed by atoms with Gasteiger partial charge in [-0.05, 0) is 42.7 Å². The van der Waals surface area contributed by atoms with Gasteiger partial charge in [0.1, 0.15) is 0 Å². The molecule has 0 N–H and O–H groups in total. The van der Waals surface area contributed by atoms with Gasteiger partial charge in [-0.1, -0.05) is 30.3 Å². The lowest BCUT2D eigenvalue weighted by molar-refractivity contribution is -0.133. The van der Waals surface area contributed by atoms with Gasteiger partial charge in [0.25, 0.3) is 5.91 Å². The van der Waals surface area contributed by atoms with Crippen molar-refractivity contribution >= 4 is 21.9 Å². The summed E-state index contributed by atoms with van der Waals surface area (Å²) < 4.78 is 30.8. The number of carbonyl (C=O) groups is 2. The highest BCUT2D eigenvalue weighted by atomic mass is 32.2. The minimum absolute atomic E-state index is 0.0111. The zero-order chi connectivity index (χ0) is 21.8. The fraction of sp³-hybridized carbons (Fsp3) is 0.333. The van der Waals surface area contributed by atoms with E-state index in [0.29, 0.717) is 12.1 Å². The Balaban J connectivity index is 2.07. The summed E-state index contributed by atoms with van der Waals surface area (Å²) in [5, 5.41) is 0. The molecule has 0 spiro atoms. The van der Waals surface area contributed by atoms with Gasteiger partial charge >= 0.3 is 5.97 Å². The molecule has 0 heterocycles. The molecular weight excluding hydrogens is 392 g/mol. The van der Waals surface area contributed by atoms with E-state index in [1.54, 1.807) is 20.0 Å². The maximum Gasteiger partial charge on any atom is 0.338 e. The molecule has 0 unspecified atom stereocenters. The van der Waals surface area contributed by atoms with Crippen LogP contribution >= 0.6 is 0 Å². The minimum atomic E-state index is -3.68. The molecular formula is C21H26N2O5S. The molecule has 0 saturated heterocycles. The molecule has 2 rings (SSSR count). The van der Waals surface area contributed by atoms with Crippen LogP contribution in [-0.2, 0) is 26.1 Å². The topological polar surface area (TPSA) is 84.0 Å². The van der Waals surface area contributed by atoms with Gasteiger partial charge in [-0.25, -0.2) is 17.5 Å². The van der Waals surface area contributed by atoms with Crippen LogP contribution in [-0.4, -0.2) is 57.2 Å². The highest BCUT2D eigenvalue weighted by Crippen LogP contribution is 2.19. The van der Waals surface area contributed by atoms with Gasteiger partial charge < -0.3 is 9.64 Å². The number of sulfonamides is 1. The lowest BCUT2D eigenvalue weighted by Gasteiger charge is -2.18. The largest absolute Gasteiger partial charge is 0.452 e. The van der Waals surface area contributed by atoms with Crippen molar-refractivity contribution in [2.45, 2.75) is 25.3 Å². The lowest BCUT2D eigenvalue weighted by Crippen LogP contribution is -2.31. The van der Waals surface area contributed by atoms with Gasteiger partial charge in [-0.3, -0.25) is 4.79 Å². The van der Waals surface area contributed by atoms with Crippen LogP contribution < -0.4 is 0 Å². The summed E-state index contributed by atoms with van der Waals surface area (Å²) in [6, 6.07) is 12.0. The molecule has 1 amide bonds. The molecule has 0 aliphatic heterocycles. The van der Waals surface area contributed by atoms with Crippen LogP contribution in [0.15, 0.2) is 47.4 Å². The second-order valence-corrected chi connectivity index (χ2v) is 9.17. The van der Waals surface area contributed by atoms with Crippen molar-refractivity contribution in [2.24, 2.45) is 0 Å². The number of likely N-dealkylation sites (N-methyl/N-ethyl adjacent to an activating group) is 1. The monoisotopic (exact) mass is 418 g/mol. The van der Waals surface area contributed by atoms with E-state index >= 15 is 0 Å². The number of rotatable bonds is 7. The Morgan fingerprint density at radius 3 is 2.24 bits per heavy atom. The second-order valence-electron chi connectivity index (χ2n) is 7.02. The number of amides is 1. The maximum absolute atomic E-state index is 12.5. The molecule has 2 aromatic carbocycles. The molecule has 0 bridgehead atoms. The van der Waals surface area contributed by atoms with E-state index in [0.717, 1.165) is 15.4 Å². The van der Waals surface area contributed by atoms with Gasteiger partial charge in [0.2, 0.25) is 10.0 Å². The Bertz CT molecular complexity index is 1020. The SMILES string of the molecule is Cc1ccccc1CN(C)C(=O)COC(=O)c1cc(S(=O)(=O)N(C)C)ccc1C. The molecule has 156 valence electrons. The molecule has 0 aliphatic rings. The van der Waals surface area contributed by atoms with Crippen molar-refractivity contribution in [3.8, 4) is 0 Å². The van der Waals surface area contributed by atoms with Crippen LogP contribution in [0, 0.1) is 13.8 Å². The standard InChI is InChI=1S/C21H26N2O5S/c1-15-8-6-7-9-17(15)13-23(5)20(24)14-28-21(25)19-12-18(11-10-16(19)2)29(26,27)22(3)4/h6-12H,13-14H2,1-5H3. The van der Waals surface area contributed by atoms with Crippen LogP contribution in [0.1, 0.15) is 27.0 Å². The Hall–Kier alpha value is -2.71. The Morgan fingerprint density at radius 1 is 0.966 bits per heavy atom. The van der Waals surface area contributed by atoms with Crippen molar-refractivity contribution in [1.82, 2.24) is 9.21 Å². The van der Waals surface area contributed by atoms with E-state index in [1.807, 2.05) is 31.2 Å². The maximum atomic E-state index is 12.5. The molecule has 0 fully saturated rings. The summed E-state index contributed by atoms with van der Waals surface area (Å²) >= 11 is 0. The second kappa shape index (κ2) is 9.19. The average Bonchev–Trinajstić information content (AvgIpc) is 2.67. The number of carbonyl (C=O) groups excluding carboxylic acids is 2. The van der Waals surface area contributed by atoms with Crippen molar-refractivity contribution in [2.75, 3.05) is 27.7 Å². The highest BCUT2D eigenvalue weighted by molar-refractivity contribution is 7.89. The van der Waals surface area contributed by atoms with E-state index in [2.05, 4.69) is 0 Å². The molecule has 2 aromatic rings. The zero-order valence-corrected chi connectivity index (χ0v) is 18.1. The van der Waals surface area contributed by atoms with E-state index in [1.165, 1.54) is 31.1 Å². The van der Waals surface area contributed by atoms with Gasteiger partial charge in [-0.15, -0.1) is 0 Å². The number of aryl methyl sites for hydroxylation is 2. The molecule has 0 aromatic heterocycles. The van der Waals surface area contributed by atoms with Gasteiger partial charge in [0.05, 0.1) is 10.5 Å². The zero-order valence-electron chi connectivity index (χ0n) is 17.3. The highest BCUT2D eigenvalue weighted by Gasteiger charge is 2.21. The number of hydrogen-bond donors (Lipinski definition) is 0. The summed E-state index contributed by atoms with van der Waals surface area (Å²) in [6.07, 6.45) is 0. The summed E-state index contributed by atoms with van der Waals surface area (Å²) in [4.78, 5) is 26.3. The van der Waals surface area contributed by atoms with Crippen LogP contribution in [0.5, 0.6) is 0 Å². The van der Waals surface area contributed by atoms with Gasteiger partial charge in [-0.2, -0.15) is 0 Å². The van der Waals surface area contributed by atoms with Crippen molar-refractivity contribution < 1.29 is 22.7 Å². The third-order valence-corrected chi connectivity index (χ3v) is 6.44. The first-order chi connectivity index (χ1) is 13.5. The van der Waals surface area contributed by atoms with Crippen molar-refractivity contribution in [3.05, 3.63) is 64.7 Å². The van der Waals surface area contributed by atoms with E-state index in [4.69, 9.17) is 4.74 Å². The van der Waals surface area contributed by atoms with Gasteiger partial charge in [0, 0.05) is 27.7 Å². The summed E-state index contributed by atoms with van der Waals surface area (Å²) in [5.41, 5.74) is 2.75. The number of esters is 1. The molecule has 0 saturated carbocycles. The third-order valence-electron chi connectivity index (χ3n) is 4.63. The number of nitrogens with zero attached hydrogens (tertiary/aromatic N) is 2. The molecule has 0 radical (unpaired) electrons. The van der Waals surface area contributed by atoms with E-state index < -0.39 is 22.6 Å². The predicted molar refractivity (Wildman–Crippen MR) is 110 cm³/mol. The van der Waals surface area contributed by atoms with Crippen molar-refractivity contribution in [3.63, 3.8) is 0 Å². The lowest BCUT2D eigenvalue weighted by atomic mass is 10.1. The number of benzene rings is 2. The third kappa shape index (κ3) is 5.42. The first-order valence-corrected chi connectivity index (χ1v) is 10.5. The Morgan fingerprint density at radius 2 is 1.62 bits per heavy atom. The summed E-state index contributed by atoms with van der Waals surface area (Å²) in [6.45, 7) is 3.62. The molecule has 8 heteroatoms. The normalized spacial score (nSPS) is 11.4. The number of hydrogen-bond acceptors (Lipinski definition) is 5. The first-order valence-electron chi connectivity index (χ1n) is 9.03. The summed E-state index contributed by atoms with van der Waals surface area (Å²) in [7, 11) is 0.780. The Kier molecular flexibility index (Phi) is 7.16. The van der Waals surface area contributed by atoms with Crippen molar-refractivity contribution in [1.29, 1.82) is 0 Å². The Labute approximate surface area is 171 Å². The molecule has 0 aliphatic carbocycles. The van der Waals surface area contributed by atoms with E-state index in [9.17, 15) is 18.0 Å². The molecule has 0 atom stereocenters. The molecule has 29 heavy (non-hydrogen) atoms. The quantitative estimate of drug-likeness (QED) is 0.645. The fourth-order valence-corrected chi connectivity index (χ4v) is 3.57. The fourth-order valence-electron chi connectivity index (χ4n) is 2.64. The average molecular weight is 419 g/mol. The molecule has 7 nitrogen and oxygen atoms in total. The van der Waals surface area contributed by atoms with Crippen LogP contribution in [0.4, 0.5) is 0 Å².